The van der Waals surface area contributed by atoms with Crippen molar-refractivity contribution in [2.24, 2.45) is 0 Å². The molecule has 2 heterocycles. The molecule has 2 fully saturated rings. The van der Waals surface area contributed by atoms with E-state index in [1.807, 2.05) is 13.0 Å². The molecule has 2 amide bonds. The standard InChI is InChI=1S/C25H26FN3O4/c1-17-2-7-20(28-24(31)33-21-8-13-32-16-21)14-22(17)23(30)29-11-9-25(26,10-12-29)19-5-3-18(15-27)4-6-19/h2-7,14,21H,8-13,16H2,1H3,(H,28,31)/t21-/m1/s1. The minimum Gasteiger partial charge on any atom is -0.443 e. The lowest BCUT2D eigenvalue weighted by atomic mass is 9.85. The van der Waals surface area contributed by atoms with Crippen molar-refractivity contribution in [1.29, 1.82) is 5.26 Å². The summed E-state index contributed by atoms with van der Waals surface area (Å²) >= 11 is 0. The van der Waals surface area contributed by atoms with Crippen LogP contribution in [-0.2, 0) is 15.1 Å². The van der Waals surface area contributed by atoms with Crippen molar-refractivity contribution in [3.8, 4) is 6.07 Å². The second kappa shape index (κ2) is 9.59. The van der Waals surface area contributed by atoms with Crippen LogP contribution >= 0.6 is 0 Å². The average Bonchev–Trinajstić information content (AvgIpc) is 3.33. The fourth-order valence-corrected chi connectivity index (χ4v) is 4.20. The quantitative estimate of drug-likeness (QED) is 0.748. The fourth-order valence-electron chi connectivity index (χ4n) is 4.20. The van der Waals surface area contributed by atoms with E-state index in [1.165, 1.54) is 0 Å². The Kier molecular flexibility index (Phi) is 6.61. The normalized spacial score (nSPS) is 19.5. The largest absolute Gasteiger partial charge is 0.443 e. The van der Waals surface area contributed by atoms with Gasteiger partial charge in [-0.3, -0.25) is 10.1 Å². The number of rotatable bonds is 4. The highest BCUT2D eigenvalue weighted by Gasteiger charge is 2.38. The number of alkyl halides is 1. The molecule has 0 aromatic heterocycles. The summed E-state index contributed by atoms with van der Waals surface area (Å²) in [6.45, 7) is 3.33. The third-order valence-corrected chi connectivity index (χ3v) is 6.25. The maximum Gasteiger partial charge on any atom is 0.411 e. The first-order chi connectivity index (χ1) is 15.9. The monoisotopic (exact) mass is 451 g/mol. The number of nitrogens with one attached hydrogen (secondary N) is 1. The molecule has 2 aromatic carbocycles. The van der Waals surface area contributed by atoms with Crippen molar-refractivity contribution in [2.45, 2.75) is 38.0 Å². The van der Waals surface area contributed by atoms with Crippen LogP contribution in [0.1, 0.15) is 46.3 Å². The van der Waals surface area contributed by atoms with Crippen LogP contribution < -0.4 is 5.32 Å². The lowest BCUT2D eigenvalue weighted by Gasteiger charge is -2.37. The Morgan fingerprint density at radius 1 is 1.21 bits per heavy atom. The van der Waals surface area contributed by atoms with Gasteiger partial charge in [0, 0.05) is 43.6 Å². The summed E-state index contributed by atoms with van der Waals surface area (Å²) in [6, 6.07) is 13.7. The number of aryl methyl sites for hydroxylation is 1. The van der Waals surface area contributed by atoms with E-state index in [-0.39, 0.29) is 37.9 Å². The highest BCUT2D eigenvalue weighted by molar-refractivity contribution is 5.97. The summed E-state index contributed by atoms with van der Waals surface area (Å²) in [5, 5.41) is 11.6. The molecule has 2 saturated heterocycles. The first-order valence-corrected chi connectivity index (χ1v) is 11.0. The molecule has 2 aliphatic heterocycles. The summed E-state index contributed by atoms with van der Waals surface area (Å²) < 4.78 is 26.1. The van der Waals surface area contributed by atoms with Gasteiger partial charge < -0.3 is 14.4 Å². The summed E-state index contributed by atoms with van der Waals surface area (Å²) in [6.07, 6.45) is 0.172. The predicted octanol–water partition coefficient (Wildman–Crippen LogP) is 4.31. The number of carbonyl (C=O) groups is 2. The van der Waals surface area contributed by atoms with Crippen molar-refractivity contribution in [1.82, 2.24) is 4.90 Å². The Bertz CT molecular complexity index is 1070. The number of nitriles is 1. The zero-order valence-corrected chi connectivity index (χ0v) is 18.5. The molecule has 2 aromatic rings. The van der Waals surface area contributed by atoms with Crippen molar-refractivity contribution < 1.29 is 23.5 Å². The molecule has 0 bridgehead atoms. The smallest absolute Gasteiger partial charge is 0.411 e. The Balaban J connectivity index is 1.40. The van der Waals surface area contributed by atoms with Gasteiger partial charge in [-0.1, -0.05) is 18.2 Å². The second-order valence-corrected chi connectivity index (χ2v) is 8.49. The number of likely N-dealkylation sites (tertiary alicyclic amines) is 1. The third-order valence-electron chi connectivity index (χ3n) is 6.25. The first-order valence-electron chi connectivity index (χ1n) is 11.0. The van der Waals surface area contributed by atoms with Gasteiger partial charge in [-0.25, -0.2) is 9.18 Å². The molecular weight excluding hydrogens is 425 g/mol. The number of ether oxygens (including phenoxy) is 2. The molecule has 1 N–H and O–H groups in total. The number of hydrogen-bond acceptors (Lipinski definition) is 5. The van der Waals surface area contributed by atoms with E-state index in [9.17, 15) is 9.59 Å². The molecule has 0 saturated carbocycles. The summed E-state index contributed by atoms with van der Waals surface area (Å²) in [4.78, 5) is 27.0. The van der Waals surface area contributed by atoms with Gasteiger partial charge in [0.05, 0.1) is 24.8 Å². The average molecular weight is 451 g/mol. The maximum absolute atomic E-state index is 15.5. The Labute approximate surface area is 192 Å². The molecule has 0 unspecified atom stereocenters. The molecule has 0 aliphatic carbocycles. The number of halogens is 1. The van der Waals surface area contributed by atoms with Gasteiger partial charge in [-0.2, -0.15) is 5.26 Å². The molecule has 7 nitrogen and oxygen atoms in total. The van der Waals surface area contributed by atoms with Crippen LogP contribution in [0.4, 0.5) is 14.9 Å². The van der Waals surface area contributed by atoms with Crippen LogP contribution in [-0.4, -0.2) is 49.3 Å². The lowest BCUT2D eigenvalue weighted by molar-refractivity contribution is 0.0421. The molecule has 1 atom stereocenters. The van der Waals surface area contributed by atoms with Gasteiger partial charge in [0.1, 0.15) is 11.8 Å². The summed E-state index contributed by atoms with van der Waals surface area (Å²) in [7, 11) is 0. The Hall–Kier alpha value is -3.44. The number of anilines is 1. The minimum absolute atomic E-state index is 0.178. The highest BCUT2D eigenvalue weighted by Crippen LogP contribution is 2.37. The van der Waals surface area contributed by atoms with E-state index < -0.39 is 11.8 Å². The van der Waals surface area contributed by atoms with E-state index in [1.54, 1.807) is 47.4 Å². The van der Waals surface area contributed by atoms with Crippen LogP contribution in [0.3, 0.4) is 0 Å². The van der Waals surface area contributed by atoms with Crippen LogP contribution in [0.2, 0.25) is 0 Å². The molecule has 172 valence electrons. The topological polar surface area (TPSA) is 91.7 Å². The van der Waals surface area contributed by atoms with Crippen LogP contribution in [0.15, 0.2) is 42.5 Å². The fraction of sp³-hybridized carbons (Fsp3) is 0.400. The Morgan fingerprint density at radius 2 is 1.94 bits per heavy atom. The zero-order valence-electron chi connectivity index (χ0n) is 18.5. The van der Waals surface area contributed by atoms with Crippen molar-refractivity contribution >= 4 is 17.7 Å². The van der Waals surface area contributed by atoms with Gasteiger partial charge in [-0.15, -0.1) is 0 Å². The highest BCUT2D eigenvalue weighted by atomic mass is 19.1. The predicted molar refractivity (Wildman–Crippen MR) is 120 cm³/mol. The van der Waals surface area contributed by atoms with Gasteiger partial charge in [0.25, 0.3) is 5.91 Å². The molecule has 4 rings (SSSR count). The summed E-state index contributed by atoms with van der Waals surface area (Å²) in [5.74, 6) is -0.199. The SMILES string of the molecule is Cc1ccc(NC(=O)O[C@@H]2CCOC2)cc1C(=O)N1CCC(F)(c2ccc(C#N)cc2)CC1. The van der Waals surface area contributed by atoms with Gasteiger partial charge >= 0.3 is 6.09 Å². The zero-order chi connectivity index (χ0) is 23.4. The maximum atomic E-state index is 15.5. The first kappa shape index (κ1) is 22.7. The van der Waals surface area contributed by atoms with Crippen LogP contribution in [0, 0.1) is 18.3 Å². The number of nitrogens with zero attached hydrogens (tertiary/aromatic N) is 2. The van der Waals surface area contributed by atoms with E-state index in [0.717, 1.165) is 5.56 Å². The summed E-state index contributed by atoms with van der Waals surface area (Å²) in [5.41, 5.74) is 1.18. The number of amides is 2. The minimum atomic E-state index is -1.53. The van der Waals surface area contributed by atoms with Gasteiger partial charge in [0.15, 0.2) is 0 Å². The van der Waals surface area contributed by atoms with E-state index in [2.05, 4.69) is 5.32 Å². The van der Waals surface area contributed by atoms with E-state index in [4.69, 9.17) is 14.7 Å². The number of hydrogen-bond donors (Lipinski definition) is 1. The van der Waals surface area contributed by atoms with E-state index in [0.29, 0.717) is 42.0 Å². The van der Waals surface area contributed by atoms with Crippen molar-refractivity contribution in [3.05, 3.63) is 64.7 Å². The third kappa shape index (κ3) is 5.15. The van der Waals surface area contributed by atoms with Crippen molar-refractivity contribution in [2.75, 3.05) is 31.6 Å². The van der Waals surface area contributed by atoms with Gasteiger partial charge in [0.2, 0.25) is 0 Å². The molecule has 2 aliphatic rings. The molecule has 33 heavy (non-hydrogen) atoms. The molecule has 8 heteroatoms. The second-order valence-electron chi connectivity index (χ2n) is 8.49. The van der Waals surface area contributed by atoms with Crippen LogP contribution in [0.5, 0.6) is 0 Å². The van der Waals surface area contributed by atoms with E-state index >= 15 is 4.39 Å². The Morgan fingerprint density at radius 3 is 2.58 bits per heavy atom. The molecular formula is C25H26FN3O4. The lowest BCUT2D eigenvalue weighted by Crippen LogP contribution is -2.43. The number of piperidine rings is 1. The number of benzene rings is 2. The van der Waals surface area contributed by atoms with Crippen molar-refractivity contribution in [3.63, 3.8) is 0 Å². The molecule has 0 spiro atoms. The number of carbonyl (C=O) groups excluding carboxylic acids is 2. The molecule has 0 radical (unpaired) electrons. The van der Waals surface area contributed by atoms with Crippen LogP contribution in [0.25, 0.3) is 0 Å². The van der Waals surface area contributed by atoms with Gasteiger partial charge in [-0.05, 0) is 42.3 Å².